The first-order chi connectivity index (χ1) is 12.5. The normalized spacial score (nSPS) is 13.0. The third kappa shape index (κ3) is 4.73. The topological polar surface area (TPSA) is 52.0 Å². The summed E-state index contributed by atoms with van der Waals surface area (Å²) >= 11 is 0. The second-order valence-electron chi connectivity index (χ2n) is 6.07. The zero-order chi connectivity index (χ0) is 19.1. The Morgan fingerprint density at radius 3 is 2.46 bits per heavy atom. The van der Waals surface area contributed by atoms with Gasteiger partial charge in [-0.1, -0.05) is 12.1 Å². The van der Waals surface area contributed by atoms with Crippen molar-refractivity contribution >= 4 is 11.6 Å². The minimum absolute atomic E-state index is 0.111. The Morgan fingerprint density at radius 1 is 1.15 bits per heavy atom. The molecule has 0 aliphatic carbocycles. The molecule has 0 saturated carbocycles. The SMILES string of the molecule is CC[NH+](Cc1ccc(OC)c(F)c1)[C@H](C)C(=O)Nc1ccccc1OC. The van der Waals surface area contributed by atoms with E-state index in [1.54, 1.807) is 25.3 Å². The van der Waals surface area contributed by atoms with Crippen molar-refractivity contribution in [3.05, 3.63) is 53.8 Å². The highest BCUT2D eigenvalue weighted by Gasteiger charge is 2.25. The Hall–Kier alpha value is -2.60. The molecule has 5 nitrogen and oxygen atoms in total. The molecular formula is C20H26FN2O3+. The fourth-order valence-electron chi connectivity index (χ4n) is 2.84. The molecule has 6 heteroatoms. The molecule has 1 amide bonds. The van der Waals surface area contributed by atoms with Crippen LogP contribution in [0.25, 0.3) is 0 Å². The Bertz CT molecular complexity index is 752. The lowest BCUT2D eigenvalue weighted by atomic mass is 10.1. The third-order valence-corrected chi connectivity index (χ3v) is 4.47. The molecule has 0 aromatic heterocycles. The summed E-state index contributed by atoms with van der Waals surface area (Å²) < 4.78 is 24.1. The van der Waals surface area contributed by atoms with Crippen LogP contribution >= 0.6 is 0 Å². The summed E-state index contributed by atoms with van der Waals surface area (Å²) in [5.74, 6) is 0.323. The molecule has 0 aliphatic rings. The van der Waals surface area contributed by atoms with E-state index in [1.807, 2.05) is 32.0 Å². The van der Waals surface area contributed by atoms with E-state index >= 15 is 0 Å². The van der Waals surface area contributed by atoms with Crippen LogP contribution in [0.4, 0.5) is 10.1 Å². The van der Waals surface area contributed by atoms with Gasteiger partial charge in [-0.05, 0) is 44.2 Å². The van der Waals surface area contributed by atoms with E-state index in [2.05, 4.69) is 5.32 Å². The van der Waals surface area contributed by atoms with Gasteiger partial charge in [0.1, 0.15) is 12.3 Å². The monoisotopic (exact) mass is 361 g/mol. The molecule has 2 aromatic rings. The number of ether oxygens (including phenoxy) is 2. The van der Waals surface area contributed by atoms with Gasteiger partial charge in [0.25, 0.3) is 5.91 Å². The number of para-hydroxylation sites is 2. The number of amides is 1. The molecule has 2 aromatic carbocycles. The summed E-state index contributed by atoms with van der Waals surface area (Å²) in [5.41, 5.74) is 1.45. The summed E-state index contributed by atoms with van der Waals surface area (Å²) in [5, 5.41) is 2.91. The fraction of sp³-hybridized carbons (Fsp3) is 0.350. The van der Waals surface area contributed by atoms with E-state index in [-0.39, 0.29) is 17.7 Å². The third-order valence-electron chi connectivity index (χ3n) is 4.47. The van der Waals surface area contributed by atoms with Crippen LogP contribution in [0.3, 0.4) is 0 Å². The Kier molecular flexibility index (Phi) is 6.97. The highest BCUT2D eigenvalue weighted by molar-refractivity contribution is 5.94. The van der Waals surface area contributed by atoms with Crippen molar-refractivity contribution in [1.82, 2.24) is 0 Å². The van der Waals surface area contributed by atoms with Crippen LogP contribution in [0.1, 0.15) is 19.4 Å². The second-order valence-corrected chi connectivity index (χ2v) is 6.07. The maximum absolute atomic E-state index is 13.9. The highest BCUT2D eigenvalue weighted by Crippen LogP contribution is 2.23. The van der Waals surface area contributed by atoms with Gasteiger partial charge in [-0.15, -0.1) is 0 Å². The number of hydrogen-bond donors (Lipinski definition) is 2. The Balaban J connectivity index is 2.08. The number of likely N-dealkylation sites (N-methyl/N-ethyl adjacent to an activating group) is 1. The molecule has 0 saturated heterocycles. The van der Waals surface area contributed by atoms with Crippen molar-refractivity contribution in [2.45, 2.75) is 26.4 Å². The summed E-state index contributed by atoms with van der Waals surface area (Å²) in [7, 11) is 3.00. The van der Waals surface area contributed by atoms with Gasteiger partial charge in [0.2, 0.25) is 0 Å². The van der Waals surface area contributed by atoms with Crippen LogP contribution < -0.4 is 19.7 Å². The minimum atomic E-state index is -0.397. The van der Waals surface area contributed by atoms with Gasteiger partial charge < -0.3 is 19.7 Å². The van der Waals surface area contributed by atoms with E-state index in [4.69, 9.17) is 9.47 Å². The average molecular weight is 361 g/mol. The lowest BCUT2D eigenvalue weighted by Crippen LogP contribution is -3.15. The molecular weight excluding hydrogens is 335 g/mol. The molecule has 2 atom stereocenters. The van der Waals surface area contributed by atoms with E-state index in [1.165, 1.54) is 13.2 Å². The number of nitrogens with one attached hydrogen (secondary N) is 2. The summed E-state index contributed by atoms with van der Waals surface area (Å²) in [6.45, 7) is 5.14. The minimum Gasteiger partial charge on any atom is -0.495 e. The van der Waals surface area contributed by atoms with Crippen LogP contribution in [-0.2, 0) is 11.3 Å². The average Bonchev–Trinajstić information content (AvgIpc) is 2.66. The maximum Gasteiger partial charge on any atom is 0.282 e. The van der Waals surface area contributed by atoms with Crippen molar-refractivity contribution in [2.75, 3.05) is 26.1 Å². The van der Waals surface area contributed by atoms with Gasteiger partial charge in [-0.2, -0.15) is 0 Å². The van der Waals surface area contributed by atoms with Crippen molar-refractivity contribution in [2.24, 2.45) is 0 Å². The summed E-state index contributed by atoms with van der Waals surface area (Å²) in [6.07, 6.45) is 0. The van der Waals surface area contributed by atoms with Crippen molar-refractivity contribution < 1.29 is 23.6 Å². The predicted molar refractivity (Wildman–Crippen MR) is 99.2 cm³/mol. The molecule has 2 rings (SSSR count). The number of methoxy groups -OCH3 is 2. The lowest BCUT2D eigenvalue weighted by molar-refractivity contribution is -0.925. The standard InChI is InChI=1S/C20H25FN2O3/c1-5-23(13-15-10-11-18(25-3)16(21)12-15)14(2)20(24)22-17-8-6-7-9-19(17)26-4/h6-12,14H,5,13H2,1-4H3,(H,22,24)/p+1/t14-/m1/s1. The number of benzene rings is 2. The van der Waals surface area contributed by atoms with Crippen LogP contribution in [0.5, 0.6) is 11.5 Å². The molecule has 0 fully saturated rings. The highest BCUT2D eigenvalue weighted by atomic mass is 19.1. The molecule has 26 heavy (non-hydrogen) atoms. The van der Waals surface area contributed by atoms with Crippen LogP contribution in [0, 0.1) is 5.82 Å². The van der Waals surface area contributed by atoms with Gasteiger partial charge in [-0.25, -0.2) is 4.39 Å². The number of rotatable bonds is 8. The quantitative estimate of drug-likeness (QED) is 0.758. The van der Waals surface area contributed by atoms with Crippen LogP contribution in [0.2, 0.25) is 0 Å². The number of halogens is 1. The zero-order valence-electron chi connectivity index (χ0n) is 15.6. The summed E-state index contributed by atoms with van der Waals surface area (Å²) in [4.78, 5) is 13.7. The molecule has 0 radical (unpaired) electrons. The predicted octanol–water partition coefficient (Wildman–Crippen LogP) is 2.27. The molecule has 2 N–H and O–H groups in total. The molecule has 0 heterocycles. The van der Waals surface area contributed by atoms with Gasteiger partial charge in [0.15, 0.2) is 17.6 Å². The van der Waals surface area contributed by atoms with E-state index in [0.29, 0.717) is 18.0 Å². The van der Waals surface area contributed by atoms with Crippen LogP contribution in [0.15, 0.2) is 42.5 Å². The Morgan fingerprint density at radius 2 is 1.85 bits per heavy atom. The fourth-order valence-corrected chi connectivity index (χ4v) is 2.84. The van der Waals surface area contributed by atoms with Crippen molar-refractivity contribution in [3.63, 3.8) is 0 Å². The second kappa shape index (κ2) is 9.20. The van der Waals surface area contributed by atoms with Gasteiger partial charge in [0.05, 0.1) is 26.5 Å². The van der Waals surface area contributed by atoms with Gasteiger partial charge in [0, 0.05) is 5.56 Å². The molecule has 0 aliphatic heterocycles. The van der Waals surface area contributed by atoms with Gasteiger partial charge in [-0.3, -0.25) is 4.79 Å². The molecule has 0 spiro atoms. The van der Waals surface area contributed by atoms with Crippen LogP contribution in [-0.4, -0.2) is 32.7 Å². The molecule has 1 unspecified atom stereocenters. The van der Waals surface area contributed by atoms with Gasteiger partial charge >= 0.3 is 0 Å². The van der Waals surface area contributed by atoms with Crippen molar-refractivity contribution in [3.8, 4) is 11.5 Å². The first kappa shape index (κ1) is 19.7. The van der Waals surface area contributed by atoms with Crippen molar-refractivity contribution in [1.29, 1.82) is 0 Å². The summed E-state index contributed by atoms with van der Waals surface area (Å²) in [6, 6.07) is 11.9. The maximum atomic E-state index is 13.9. The lowest BCUT2D eigenvalue weighted by Gasteiger charge is -2.24. The molecule has 140 valence electrons. The number of carbonyl (C=O) groups excluding carboxylic acids is 1. The van der Waals surface area contributed by atoms with E-state index < -0.39 is 5.82 Å². The smallest absolute Gasteiger partial charge is 0.282 e. The Labute approximate surface area is 153 Å². The zero-order valence-corrected chi connectivity index (χ0v) is 15.6. The van der Waals surface area contributed by atoms with E-state index in [9.17, 15) is 9.18 Å². The number of anilines is 1. The first-order valence-electron chi connectivity index (χ1n) is 8.61. The first-order valence-corrected chi connectivity index (χ1v) is 8.61. The largest absolute Gasteiger partial charge is 0.495 e. The molecule has 0 bridgehead atoms. The van der Waals surface area contributed by atoms with E-state index in [0.717, 1.165) is 17.0 Å². The number of carbonyl (C=O) groups is 1. The number of hydrogen-bond acceptors (Lipinski definition) is 3. The number of quaternary nitrogens is 1.